The standard InChI is InChI=1S/C19H25N5OS/c1-3-20-19(26)23-18-21-16(24-11-7-8-14(2)13-24)12-17(22-18)25-15-9-5-4-6-10-15/h4-6,9-10,12,14H,3,7-8,11,13H2,1-2H3,(H2,20,21,22,23,26). The summed E-state index contributed by atoms with van der Waals surface area (Å²) in [4.78, 5) is 11.4. The summed E-state index contributed by atoms with van der Waals surface area (Å²) in [6.45, 7) is 6.98. The number of thiocarbonyl (C=S) groups is 1. The molecule has 0 saturated carbocycles. The number of piperidine rings is 1. The van der Waals surface area contributed by atoms with Gasteiger partial charge in [-0.3, -0.25) is 0 Å². The molecule has 1 fully saturated rings. The zero-order valence-electron chi connectivity index (χ0n) is 15.2. The van der Waals surface area contributed by atoms with Gasteiger partial charge in [0, 0.05) is 25.7 Å². The Morgan fingerprint density at radius 2 is 2.12 bits per heavy atom. The van der Waals surface area contributed by atoms with Gasteiger partial charge in [-0.1, -0.05) is 25.1 Å². The fraction of sp³-hybridized carbons (Fsp3) is 0.421. The molecular formula is C19H25N5OS. The molecule has 0 radical (unpaired) electrons. The van der Waals surface area contributed by atoms with E-state index in [-0.39, 0.29) is 0 Å². The van der Waals surface area contributed by atoms with E-state index in [9.17, 15) is 0 Å². The molecule has 0 spiro atoms. The summed E-state index contributed by atoms with van der Waals surface area (Å²) in [6.07, 6.45) is 2.42. The fourth-order valence-corrected chi connectivity index (χ4v) is 3.23. The van der Waals surface area contributed by atoms with Crippen molar-refractivity contribution >= 4 is 29.1 Å². The van der Waals surface area contributed by atoms with Gasteiger partial charge in [0.2, 0.25) is 11.8 Å². The second kappa shape index (κ2) is 8.80. The molecule has 1 aliphatic heterocycles. The molecule has 6 nitrogen and oxygen atoms in total. The molecule has 1 aromatic heterocycles. The second-order valence-corrected chi connectivity index (χ2v) is 6.89. The van der Waals surface area contributed by atoms with Crippen molar-refractivity contribution in [2.24, 2.45) is 5.92 Å². The van der Waals surface area contributed by atoms with Crippen LogP contribution in [0.5, 0.6) is 11.6 Å². The van der Waals surface area contributed by atoms with E-state index in [4.69, 9.17) is 17.0 Å². The van der Waals surface area contributed by atoms with Crippen LogP contribution >= 0.6 is 12.2 Å². The summed E-state index contributed by atoms with van der Waals surface area (Å²) in [5.74, 6) is 3.19. The highest BCUT2D eigenvalue weighted by Gasteiger charge is 2.19. The van der Waals surface area contributed by atoms with E-state index < -0.39 is 0 Å². The van der Waals surface area contributed by atoms with Crippen LogP contribution in [-0.4, -0.2) is 34.7 Å². The van der Waals surface area contributed by atoms with E-state index in [0.29, 0.717) is 22.9 Å². The molecule has 2 heterocycles. The molecule has 1 unspecified atom stereocenters. The Balaban J connectivity index is 1.86. The van der Waals surface area contributed by atoms with Crippen molar-refractivity contribution in [3.63, 3.8) is 0 Å². The van der Waals surface area contributed by atoms with Gasteiger partial charge in [-0.15, -0.1) is 0 Å². The van der Waals surface area contributed by atoms with E-state index in [0.717, 1.165) is 31.2 Å². The quantitative estimate of drug-likeness (QED) is 0.775. The molecule has 1 aromatic carbocycles. The zero-order valence-corrected chi connectivity index (χ0v) is 16.1. The minimum absolute atomic E-state index is 0.442. The molecule has 2 N–H and O–H groups in total. The average Bonchev–Trinajstić information content (AvgIpc) is 2.62. The van der Waals surface area contributed by atoms with Crippen molar-refractivity contribution in [2.45, 2.75) is 26.7 Å². The van der Waals surface area contributed by atoms with Gasteiger partial charge in [-0.25, -0.2) is 0 Å². The first-order valence-corrected chi connectivity index (χ1v) is 9.46. The van der Waals surface area contributed by atoms with Crippen LogP contribution in [0.25, 0.3) is 0 Å². The summed E-state index contributed by atoms with van der Waals surface area (Å²) in [5.41, 5.74) is 0. The smallest absolute Gasteiger partial charge is 0.234 e. The van der Waals surface area contributed by atoms with Gasteiger partial charge in [0.05, 0.1) is 0 Å². The van der Waals surface area contributed by atoms with Crippen LogP contribution in [0.3, 0.4) is 0 Å². The van der Waals surface area contributed by atoms with Crippen molar-refractivity contribution in [1.29, 1.82) is 0 Å². The Kier molecular flexibility index (Phi) is 6.22. The first-order chi connectivity index (χ1) is 12.6. The largest absolute Gasteiger partial charge is 0.439 e. The van der Waals surface area contributed by atoms with Crippen LogP contribution in [-0.2, 0) is 0 Å². The highest BCUT2D eigenvalue weighted by Crippen LogP contribution is 2.27. The lowest BCUT2D eigenvalue weighted by molar-refractivity contribution is 0.440. The number of aromatic nitrogens is 2. The van der Waals surface area contributed by atoms with Crippen LogP contribution in [0.4, 0.5) is 11.8 Å². The summed E-state index contributed by atoms with van der Waals surface area (Å²) in [7, 11) is 0. The van der Waals surface area contributed by atoms with Gasteiger partial charge in [-0.05, 0) is 50.0 Å². The van der Waals surface area contributed by atoms with Crippen LogP contribution in [0.1, 0.15) is 26.7 Å². The van der Waals surface area contributed by atoms with Gasteiger partial charge >= 0.3 is 0 Å². The van der Waals surface area contributed by atoms with Crippen LogP contribution in [0, 0.1) is 5.92 Å². The molecule has 3 rings (SSSR count). The van der Waals surface area contributed by atoms with E-state index in [1.807, 2.05) is 43.3 Å². The predicted octanol–water partition coefficient (Wildman–Crippen LogP) is 3.81. The molecule has 26 heavy (non-hydrogen) atoms. The Morgan fingerprint density at radius 1 is 1.31 bits per heavy atom. The molecule has 0 bridgehead atoms. The van der Waals surface area contributed by atoms with Crippen LogP contribution in [0.15, 0.2) is 36.4 Å². The Labute approximate surface area is 160 Å². The maximum absolute atomic E-state index is 5.94. The lowest BCUT2D eigenvalue weighted by Gasteiger charge is -2.32. The number of anilines is 2. The van der Waals surface area contributed by atoms with Crippen LogP contribution in [0.2, 0.25) is 0 Å². The van der Waals surface area contributed by atoms with Crippen molar-refractivity contribution in [3.8, 4) is 11.6 Å². The van der Waals surface area contributed by atoms with Gasteiger partial charge in [0.15, 0.2) is 5.11 Å². The molecule has 138 valence electrons. The summed E-state index contributed by atoms with van der Waals surface area (Å²) < 4.78 is 5.94. The number of nitrogens with zero attached hydrogens (tertiary/aromatic N) is 3. The third-order valence-corrected chi connectivity index (χ3v) is 4.44. The molecular weight excluding hydrogens is 346 g/mol. The third kappa shape index (κ3) is 5.05. The van der Waals surface area contributed by atoms with Gasteiger partial charge in [0.25, 0.3) is 0 Å². The number of benzene rings is 1. The topological polar surface area (TPSA) is 62.3 Å². The number of hydrogen-bond donors (Lipinski definition) is 2. The average molecular weight is 372 g/mol. The minimum Gasteiger partial charge on any atom is -0.439 e. The van der Waals surface area contributed by atoms with Gasteiger partial charge in [-0.2, -0.15) is 9.97 Å². The number of para-hydroxylation sites is 1. The van der Waals surface area contributed by atoms with Crippen molar-refractivity contribution in [3.05, 3.63) is 36.4 Å². The van der Waals surface area contributed by atoms with E-state index in [1.54, 1.807) is 0 Å². The molecule has 0 aliphatic carbocycles. The van der Waals surface area contributed by atoms with Gasteiger partial charge in [0.1, 0.15) is 11.6 Å². The lowest BCUT2D eigenvalue weighted by Crippen LogP contribution is -2.35. The third-order valence-electron chi connectivity index (χ3n) is 4.20. The SMILES string of the molecule is CCNC(=S)Nc1nc(Oc2ccccc2)cc(N2CCCC(C)C2)n1. The van der Waals surface area contributed by atoms with E-state index >= 15 is 0 Å². The van der Waals surface area contributed by atoms with E-state index in [2.05, 4.69) is 32.4 Å². The highest BCUT2D eigenvalue weighted by molar-refractivity contribution is 7.80. The van der Waals surface area contributed by atoms with Crippen molar-refractivity contribution < 1.29 is 4.74 Å². The summed E-state index contributed by atoms with van der Waals surface area (Å²) in [5, 5.41) is 6.61. The Hall–Kier alpha value is -2.41. The number of nitrogens with one attached hydrogen (secondary N) is 2. The first-order valence-electron chi connectivity index (χ1n) is 9.06. The normalized spacial score (nSPS) is 16.8. The Bertz CT molecular complexity index is 740. The minimum atomic E-state index is 0.442. The second-order valence-electron chi connectivity index (χ2n) is 6.48. The highest BCUT2D eigenvalue weighted by atomic mass is 32.1. The summed E-state index contributed by atoms with van der Waals surface area (Å²) >= 11 is 5.27. The molecule has 2 aromatic rings. The molecule has 0 amide bonds. The molecule has 7 heteroatoms. The van der Waals surface area contributed by atoms with Crippen molar-refractivity contribution in [1.82, 2.24) is 15.3 Å². The predicted molar refractivity (Wildman–Crippen MR) is 109 cm³/mol. The van der Waals surface area contributed by atoms with Gasteiger partial charge < -0.3 is 20.3 Å². The van der Waals surface area contributed by atoms with Crippen molar-refractivity contribution in [2.75, 3.05) is 29.9 Å². The Morgan fingerprint density at radius 3 is 2.85 bits per heavy atom. The van der Waals surface area contributed by atoms with Crippen LogP contribution < -0.4 is 20.3 Å². The fourth-order valence-electron chi connectivity index (χ4n) is 3.00. The maximum Gasteiger partial charge on any atom is 0.234 e. The molecule has 1 atom stereocenters. The number of rotatable bonds is 5. The zero-order chi connectivity index (χ0) is 18.4. The first kappa shape index (κ1) is 18.4. The van der Waals surface area contributed by atoms with E-state index in [1.165, 1.54) is 12.8 Å². The molecule has 1 saturated heterocycles. The monoisotopic (exact) mass is 371 g/mol. The maximum atomic E-state index is 5.94. The lowest BCUT2D eigenvalue weighted by atomic mass is 10.0. The summed E-state index contributed by atoms with van der Waals surface area (Å²) in [6, 6.07) is 11.5. The number of hydrogen-bond acceptors (Lipinski definition) is 5. The molecule has 1 aliphatic rings. The number of ether oxygens (including phenoxy) is 1.